The van der Waals surface area contributed by atoms with Gasteiger partial charge in [0.2, 0.25) is 0 Å². The number of nitrogens with zero attached hydrogens (tertiary/aromatic N) is 1. The number of benzene rings is 1. The van der Waals surface area contributed by atoms with Crippen LogP contribution in [0.4, 0.5) is 4.39 Å². The molecule has 0 spiro atoms. The van der Waals surface area contributed by atoms with Crippen molar-refractivity contribution >= 4 is 11.8 Å². The summed E-state index contributed by atoms with van der Waals surface area (Å²) in [5.41, 5.74) is 0. The van der Waals surface area contributed by atoms with Gasteiger partial charge in [-0.2, -0.15) is 0 Å². The fraction of sp³-hybridized carbons (Fsp3) is 0.214. The van der Waals surface area contributed by atoms with Crippen LogP contribution in [0.25, 0.3) is 0 Å². The fourth-order valence-corrected chi connectivity index (χ4v) is 2.15. The van der Waals surface area contributed by atoms with E-state index in [2.05, 4.69) is 4.98 Å². The Morgan fingerprint density at radius 1 is 1.21 bits per heavy atom. The average Bonchev–Trinajstić information content (AvgIpc) is 2.45. The molecule has 0 amide bonds. The van der Waals surface area contributed by atoms with Crippen LogP contribution >= 0.6 is 11.8 Å². The zero-order valence-corrected chi connectivity index (χ0v) is 11.0. The predicted octanol–water partition coefficient (Wildman–Crippen LogP) is 2.75. The Bertz CT molecular complexity index is 493. The molecule has 1 N–H and O–H groups in total. The predicted molar refractivity (Wildman–Crippen MR) is 72.9 cm³/mol. The molecule has 2 rings (SSSR count). The first-order valence-electron chi connectivity index (χ1n) is 5.84. The highest BCUT2D eigenvalue weighted by molar-refractivity contribution is 7.99. The molecular weight excluding hydrogens is 265 g/mol. The summed E-state index contributed by atoms with van der Waals surface area (Å²) in [6.07, 6.45) is 1.11. The van der Waals surface area contributed by atoms with Gasteiger partial charge in [-0.3, -0.25) is 0 Å². The molecule has 0 radical (unpaired) electrons. The maximum atomic E-state index is 12.7. The number of aliphatic hydroxyl groups is 1. The topological polar surface area (TPSA) is 42.4 Å². The van der Waals surface area contributed by atoms with E-state index in [1.165, 1.54) is 36.0 Å². The summed E-state index contributed by atoms with van der Waals surface area (Å²) in [7, 11) is 0. The minimum Gasteiger partial charge on any atom is -0.491 e. The van der Waals surface area contributed by atoms with Gasteiger partial charge in [-0.1, -0.05) is 6.07 Å². The van der Waals surface area contributed by atoms with Gasteiger partial charge >= 0.3 is 0 Å². The molecule has 0 aliphatic rings. The van der Waals surface area contributed by atoms with Gasteiger partial charge < -0.3 is 9.84 Å². The van der Waals surface area contributed by atoms with E-state index in [4.69, 9.17) is 4.74 Å². The van der Waals surface area contributed by atoms with Crippen molar-refractivity contribution in [1.82, 2.24) is 4.98 Å². The maximum absolute atomic E-state index is 12.7. The van der Waals surface area contributed by atoms with Crippen LogP contribution in [-0.2, 0) is 0 Å². The van der Waals surface area contributed by atoms with Crippen molar-refractivity contribution in [2.45, 2.75) is 11.1 Å². The molecule has 1 unspecified atom stereocenters. The van der Waals surface area contributed by atoms with Crippen molar-refractivity contribution in [1.29, 1.82) is 0 Å². The van der Waals surface area contributed by atoms with Gasteiger partial charge in [0.1, 0.15) is 18.2 Å². The molecule has 3 nitrogen and oxygen atoms in total. The SMILES string of the molecule is OC(COc1ccc(F)cc1)CSc1ccccn1. The highest BCUT2D eigenvalue weighted by Crippen LogP contribution is 2.16. The number of pyridine rings is 1. The molecule has 0 saturated carbocycles. The van der Waals surface area contributed by atoms with E-state index in [0.29, 0.717) is 11.5 Å². The molecule has 1 aromatic carbocycles. The van der Waals surface area contributed by atoms with E-state index in [9.17, 15) is 9.50 Å². The van der Waals surface area contributed by atoms with E-state index in [-0.39, 0.29) is 12.4 Å². The van der Waals surface area contributed by atoms with Crippen LogP contribution in [0, 0.1) is 5.82 Å². The zero-order valence-electron chi connectivity index (χ0n) is 10.2. The van der Waals surface area contributed by atoms with Crippen molar-refractivity contribution in [3.05, 3.63) is 54.5 Å². The average molecular weight is 279 g/mol. The van der Waals surface area contributed by atoms with Crippen molar-refractivity contribution in [2.75, 3.05) is 12.4 Å². The van der Waals surface area contributed by atoms with Crippen molar-refractivity contribution in [3.63, 3.8) is 0 Å². The molecule has 0 fully saturated rings. The second kappa shape index (κ2) is 7.11. The van der Waals surface area contributed by atoms with Crippen LogP contribution in [-0.4, -0.2) is 28.6 Å². The molecule has 0 aliphatic carbocycles. The first-order chi connectivity index (χ1) is 9.24. The Balaban J connectivity index is 1.72. The van der Waals surface area contributed by atoms with Crippen molar-refractivity contribution < 1.29 is 14.2 Å². The van der Waals surface area contributed by atoms with Crippen LogP contribution in [0.3, 0.4) is 0 Å². The zero-order chi connectivity index (χ0) is 13.5. The summed E-state index contributed by atoms with van der Waals surface area (Å²) in [4.78, 5) is 4.15. The summed E-state index contributed by atoms with van der Waals surface area (Å²) in [5.74, 6) is 0.736. The normalized spacial score (nSPS) is 12.1. The van der Waals surface area contributed by atoms with E-state index in [1.807, 2.05) is 18.2 Å². The lowest BCUT2D eigenvalue weighted by Crippen LogP contribution is -2.20. The Kier molecular flexibility index (Phi) is 5.18. The number of rotatable bonds is 6. The van der Waals surface area contributed by atoms with Gasteiger partial charge in [-0.05, 0) is 36.4 Å². The largest absolute Gasteiger partial charge is 0.491 e. The molecule has 2 aromatic rings. The van der Waals surface area contributed by atoms with Gasteiger partial charge in [-0.15, -0.1) is 11.8 Å². The van der Waals surface area contributed by atoms with Gasteiger partial charge in [0.15, 0.2) is 0 Å². The highest BCUT2D eigenvalue weighted by atomic mass is 32.2. The number of hydrogen-bond acceptors (Lipinski definition) is 4. The van der Waals surface area contributed by atoms with Gasteiger partial charge in [0.05, 0.1) is 11.1 Å². The third-order valence-electron chi connectivity index (χ3n) is 2.32. The molecule has 0 saturated heterocycles. The number of ether oxygens (including phenoxy) is 1. The summed E-state index contributed by atoms with van der Waals surface area (Å²) in [6, 6.07) is 11.4. The fourth-order valence-electron chi connectivity index (χ4n) is 1.39. The first kappa shape index (κ1) is 13.8. The lowest BCUT2D eigenvalue weighted by atomic mass is 10.3. The molecule has 1 heterocycles. The molecule has 19 heavy (non-hydrogen) atoms. The Morgan fingerprint density at radius 3 is 2.68 bits per heavy atom. The summed E-state index contributed by atoms with van der Waals surface area (Å²) in [6.45, 7) is 0.172. The maximum Gasteiger partial charge on any atom is 0.123 e. The number of aliphatic hydroxyl groups excluding tert-OH is 1. The van der Waals surface area contributed by atoms with Crippen LogP contribution < -0.4 is 4.74 Å². The molecule has 1 atom stereocenters. The summed E-state index contributed by atoms with van der Waals surface area (Å²) in [5, 5.41) is 10.6. The van der Waals surface area contributed by atoms with Crippen LogP contribution in [0.1, 0.15) is 0 Å². The Morgan fingerprint density at radius 2 is 2.00 bits per heavy atom. The smallest absolute Gasteiger partial charge is 0.123 e. The van der Waals surface area contributed by atoms with E-state index in [0.717, 1.165) is 5.03 Å². The number of hydrogen-bond donors (Lipinski definition) is 1. The molecule has 0 aliphatic heterocycles. The Hall–Kier alpha value is -1.59. The minimum absolute atomic E-state index is 0.172. The number of halogens is 1. The lowest BCUT2D eigenvalue weighted by Gasteiger charge is -2.11. The van der Waals surface area contributed by atoms with E-state index >= 15 is 0 Å². The van der Waals surface area contributed by atoms with Crippen molar-refractivity contribution in [2.24, 2.45) is 0 Å². The number of aromatic nitrogens is 1. The van der Waals surface area contributed by atoms with Gasteiger partial charge in [0, 0.05) is 11.9 Å². The monoisotopic (exact) mass is 279 g/mol. The van der Waals surface area contributed by atoms with Gasteiger partial charge in [-0.25, -0.2) is 9.37 Å². The van der Waals surface area contributed by atoms with E-state index in [1.54, 1.807) is 6.20 Å². The van der Waals surface area contributed by atoms with Crippen LogP contribution in [0.2, 0.25) is 0 Å². The molecule has 1 aromatic heterocycles. The lowest BCUT2D eigenvalue weighted by molar-refractivity contribution is 0.126. The summed E-state index contributed by atoms with van der Waals surface area (Å²) >= 11 is 1.47. The summed E-state index contributed by atoms with van der Waals surface area (Å²) < 4.78 is 18.0. The first-order valence-corrected chi connectivity index (χ1v) is 6.83. The third kappa shape index (κ3) is 4.89. The van der Waals surface area contributed by atoms with Crippen molar-refractivity contribution in [3.8, 4) is 5.75 Å². The van der Waals surface area contributed by atoms with Crippen LogP contribution in [0.5, 0.6) is 5.75 Å². The Labute approximate surface area is 115 Å². The number of thioether (sulfide) groups is 1. The molecule has 100 valence electrons. The van der Waals surface area contributed by atoms with E-state index < -0.39 is 6.10 Å². The third-order valence-corrected chi connectivity index (χ3v) is 3.41. The highest BCUT2D eigenvalue weighted by Gasteiger charge is 2.07. The molecule has 0 bridgehead atoms. The van der Waals surface area contributed by atoms with Crippen LogP contribution in [0.15, 0.2) is 53.7 Å². The molecular formula is C14H14FNO2S. The standard InChI is InChI=1S/C14H14FNO2S/c15-11-4-6-13(7-5-11)18-9-12(17)10-19-14-3-1-2-8-16-14/h1-8,12,17H,9-10H2. The second-order valence-corrected chi connectivity index (χ2v) is 4.94. The van der Waals surface area contributed by atoms with Gasteiger partial charge in [0.25, 0.3) is 0 Å². The molecule has 5 heteroatoms. The quantitative estimate of drug-likeness (QED) is 0.826. The minimum atomic E-state index is -0.600. The second-order valence-electron chi connectivity index (χ2n) is 3.90.